The van der Waals surface area contributed by atoms with Gasteiger partial charge in [-0.2, -0.15) is 0 Å². The molecule has 11 nitrogen and oxygen atoms in total. The summed E-state index contributed by atoms with van der Waals surface area (Å²) in [4.78, 5) is 61.5. The van der Waals surface area contributed by atoms with Crippen LogP contribution >= 0.6 is 11.8 Å². The largest absolute Gasteiger partial charge is 0.493 e. The van der Waals surface area contributed by atoms with Crippen LogP contribution in [-0.2, 0) is 9.59 Å². The maximum atomic E-state index is 12.8. The minimum absolute atomic E-state index is 0.0181. The van der Waals surface area contributed by atoms with Crippen LogP contribution in [0.5, 0.6) is 11.5 Å². The zero-order valence-corrected chi connectivity index (χ0v) is 21.5. The number of carbonyl (C=O) groups is 4. The molecule has 0 bridgehead atoms. The molecule has 1 fully saturated rings. The van der Waals surface area contributed by atoms with Gasteiger partial charge < -0.3 is 14.8 Å². The topological polar surface area (TPSA) is 145 Å². The number of thioether (sulfide) groups is 1. The quantitative estimate of drug-likeness (QED) is 0.138. The summed E-state index contributed by atoms with van der Waals surface area (Å²) in [5.74, 6) is -1.76. The zero-order valence-electron chi connectivity index (χ0n) is 20.7. The van der Waals surface area contributed by atoms with Crippen molar-refractivity contribution in [3.8, 4) is 11.5 Å². The average molecular weight is 548 g/mol. The third kappa shape index (κ3) is 6.48. The van der Waals surface area contributed by atoms with Crippen LogP contribution in [-0.4, -0.2) is 46.5 Å². The summed E-state index contributed by atoms with van der Waals surface area (Å²) in [5.41, 5.74) is 1.77. The number of nitro groups is 1. The number of hydrogen-bond donors (Lipinski definition) is 1. The molecule has 3 amide bonds. The van der Waals surface area contributed by atoms with Gasteiger partial charge in [-0.05, 0) is 60.7 Å². The minimum atomic E-state index is -0.824. The van der Waals surface area contributed by atoms with Crippen LogP contribution in [0.25, 0.3) is 6.08 Å². The Kier molecular flexibility index (Phi) is 8.06. The molecule has 3 aromatic carbocycles. The van der Waals surface area contributed by atoms with E-state index in [4.69, 9.17) is 9.47 Å². The Morgan fingerprint density at radius 3 is 2.49 bits per heavy atom. The van der Waals surface area contributed by atoms with E-state index in [9.17, 15) is 29.3 Å². The van der Waals surface area contributed by atoms with Gasteiger partial charge in [0, 0.05) is 17.8 Å². The number of anilines is 1. The number of aryl methyl sites for hydroxylation is 1. The summed E-state index contributed by atoms with van der Waals surface area (Å²) in [7, 11) is 1.35. The fourth-order valence-corrected chi connectivity index (χ4v) is 4.37. The van der Waals surface area contributed by atoms with E-state index >= 15 is 0 Å². The second-order valence-corrected chi connectivity index (χ2v) is 9.28. The highest BCUT2D eigenvalue weighted by molar-refractivity contribution is 8.18. The third-order valence-electron chi connectivity index (χ3n) is 5.49. The van der Waals surface area contributed by atoms with Gasteiger partial charge in [0.25, 0.3) is 16.8 Å². The number of imide groups is 1. The number of carbonyl (C=O) groups excluding carboxylic acids is 4. The SMILES string of the molecule is COc1cc(/C=C2\SC(=O)N(CC(=O)Nc3ccc(C)cc3)C2=O)ccc1OC(=O)c1cccc([N+](=O)[O-])c1. The smallest absolute Gasteiger partial charge is 0.343 e. The zero-order chi connectivity index (χ0) is 28.1. The van der Waals surface area contributed by atoms with Crippen molar-refractivity contribution < 1.29 is 33.6 Å². The van der Waals surface area contributed by atoms with E-state index in [0.717, 1.165) is 16.5 Å². The molecular formula is C27H21N3O8S. The van der Waals surface area contributed by atoms with E-state index in [1.165, 1.54) is 49.6 Å². The van der Waals surface area contributed by atoms with Crippen LogP contribution in [0.1, 0.15) is 21.5 Å². The number of hydrogen-bond acceptors (Lipinski definition) is 9. The van der Waals surface area contributed by atoms with Crippen LogP contribution < -0.4 is 14.8 Å². The maximum absolute atomic E-state index is 12.8. The highest BCUT2D eigenvalue weighted by Gasteiger charge is 2.36. The molecule has 39 heavy (non-hydrogen) atoms. The molecule has 3 aromatic rings. The Morgan fingerprint density at radius 1 is 1.05 bits per heavy atom. The molecule has 1 aliphatic rings. The van der Waals surface area contributed by atoms with Crippen molar-refractivity contribution in [3.63, 3.8) is 0 Å². The summed E-state index contributed by atoms with van der Waals surface area (Å²) in [6, 6.07) is 16.7. The molecular weight excluding hydrogens is 526 g/mol. The Balaban J connectivity index is 1.45. The number of rotatable bonds is 8. The number of benzene rings is 3. The van der Waals surface area contributed by atoms with Gasteiger partial charge in [0.2, 0.25) is 5.91 Å². The first-order chi connectivity index (χ1) is 18.6. The minimum Gasteiger partial charge on any atom is -0.493 e. The molecule has 1 aliphatic heterocycles. The molecule has 1 heterocycles. The highest BCUT2D eigenvalue weighted by Crippen LogP contribution is 2.35. The summed E-state index contributed by atoms with van der Waals surface area (Å²) in [6.07, 6.45) is 1.46. The predicted molar refractivity (Wildman–Crippen MR) is 144 cm³/mol. The fraction of sp³-hybridized carbons (Fsp3) is 0.111. The van der Waals surface area contributed by atoms with Gasteiger partial charge in [-0.15, -0.1) is 0 Å². The van der Waals surface area contributed by atoms with E-state index in [-0.39, 0.29) is 27.7 Å². The van der Waals surface area contributed by atoms with Crippen molar-refractivity contribution in [1.82, 2.24) is 4.90 Å². The number of nitro benzene ring substituents is 1. The van der Waals surface area contributed by atoms with Crippen LogP contribution in [0, 0.1) is 17.0 Å². The van der Waals surface area contributed by atoms with Crippen molar-refractivity contribution in [2.75, 3.05) is 19.0 Å². The lowest BCUT2D eigenvalue weighted by Crippen LogP contribution is -2.36. The molecule has 0 aliphatic carbocycles. The molecule has 0 radical (unpaired) electrons. The van der Waals surface area contributed by atoms with Crippen molar-refractivity contribution >= 4 is 52.2 Å². The first kappa shape index (κ1) is 27.1. The van der Waals surface area contributed by atoms with Gasteiger partial charge in [0.15, 0.2) is 11.5 Å². The Labute approximate surface area is 226 Å². The molecule has 0 atom stereocenters. The lowest BCUT2D eigenvalue weighted by Gasteiger charge is -2.12. The van der Waals surface area contributed by atoms with Crippen LogP contribution in [0.2, 0.25) is 0 Å². The van der Waals surface area contributed by atoms with E-state index in [1.54, 1.807) is 12.1 Å². The fourth-order valence-electron chi connectivity index (χ4n) is 3.53. The van der Waals surface area contributed by atoms with Crippen molar-refractivity contribution in [2.24, 2.45) is 0 Å². The van der Waals surface area contributed by atoms with Gasteiger partial charge in [-0.3, -0.25) is 29.4 Å². The monoisotopic (exact) mass is 547 g/mol. The maximum Gasteiger partial charge on any atom is 0.343 e. The van der Waals surface area contributed by atoms with Crippen LogP contribution in [0.3, 0.4) is 0 Å². The van der Waals surface area contributed by atoms with Gasteiger partial charge in [0.1, 0.15) is 6.54 Å². The second kappa shape index (κ2) is 11.6. The number of nitrogens with one attached hydrogen (secondary N) is 1. The van der Waals surface area contributed by atoms with E-state index in [1.807, 2.05) is 19.1 Å². The van der Waals surface area contributed by atoms with Gasteiger partial charge in [-0.25, -0.2) is 4.79 Å². The third-order valence-corrected chi connectivity index (χ3v) is 6.40. The number of methoxy groups -OCH3 is 1. The first-order valence-corrected chi connectivity index (χ1v) is 12.2. The molecule has 0 spiro atoms. The number of nitrogens with zero attached hydrogens (tertiary/aromatic N) is 2. The molecule has 12 heteroatoms. The Morgan fingerprint density at radius 2 is 1.79 bits per heavy atom. The normalized spacial score (nSPS) is 13.9. The van der Waals surface area contributed by atoms with Crippen LogP contribution in [0.15, 0.2) is 71.6 Å². The Bertz CT molecular complexity index is 1520. The van der Waals surface area contributed by atoms with Gasteiger partial charge in [-0.1, -0.05) is 29.8 Å². The second-order valence-electron chi connectivity index (χ2n) is 8.29. The molecule has 1 saturated heterocycles. The number of amides is 3. The molecule has 1 N–H and O–H groups in total. The summed E-state index contributed by atoms with van der Waals surface area (Å²) >= 11 is 0.693. The van der Waals surface area contributed by atoms with Crippen molar-refractivity contribution in [1.29, 1.82) is 0 Å². The molecule has 4 rings (SSSR count). The van der Waals surface area contributed by atoms with Gasteiger partial charge >= 0.3 is 5.97 Å². The predicted octanol–water partition coefficient (Wildman–Crippen LogP) is 4.81. The van der Waals surface area contributed by atoms with Crippen molar-refractivity contribution in [3.05, 3.63) is 98.4 Å². The highest BCUT2D eigenvalue weighted by atomic mass is 32.2. The van der Waals surface area contributed by atoms with E-state index in [2.05, 4.69) is 5.32 Å². The summed E-state index contributed by atoms with van der Waals surface area (Å²) in [5, 5.41) is 13.0. The molecule has 0 saturated carbocycles. The number of non-ortho nitro benzene ring substituents is 1. The Hall–Kier alpha value is -4.97. The standard InChI is InChI=1S/C27H21N3O8S/c1-16-6-9-19(10-7-16)28-24(31)15-29-25(32)23(39-27(29)34)13-17-8-11-21(22(12-17)37-2)38-26(33)18-4-3-5-20(14-18)30(35)36/h3-14H,15H2,1-2H3,(H,28,31)/b23-13-. The molecule has 0 unspecified atom stereocenters. The van der Waals surface area contributed by atoms with Gasteiger partial charge in [0.05, 0.1) is 22.5 Å². The molecule has 198 valence electrons. The number of ether oxygens (including phenoxy) is 2. The van der Waals surface area contributed by atoms with E-state index < -0.39 is 34.5 Å². The lowest BCUT2D eigenvalue weighted by molar-refractivity contribution is -0.384. The van der Waals surface area contributed by atoms with E-state index in [0.29, 0.717) is 23.0 Å². The lowest BCUT2D eigenvalue weighted by atomic mass is 10.1. The first-order valence-electron chi connectivity index (χ1n) is 11.4. The number of esters is 1. The summed E-state index contributed by atoms with van der Waals surface area (Å²) in [6.45, 7) is 1.47. The molecule has 0 aromatic heterocycles. The van der Waals surface area contributed by atoms with Crippen molar-refractivity contribution in [2.45, 2.75) is 6.92 Å². The van der Waals surface area contributed by atoms with Crippen LogP contribution in [0.4, 0.5) is 16.2 Å². The average Bonchev–Trinajstić information content (AvgIpc) is 3.17. The summed E-state index contributed by atoms with van der Waals surface area (Å²) < 4.78 is 10.6.